The predicted molar refractivity (Wildman–Crippen MR) is 108 cm³/mol. The van der Waals surface area contributed by atoms with Crippen LogP contribution < -0.4 is 5.73 Å². The van der Waals surface area contributed by atoms with E-state index in [9.17, 15) is 9.59 Å². The summed E-state index contributed by atoms with van der Waals surface area (Å²) < 4.78 is 1.59. The molecule has 4 rings (SSSR count). The van der Waals surface area contributed by atoms with Gasteiger partial charge in [-0.3, -0.25) is 9.59 Å². The Hall–Kier alpha value is -2.71. The van der Waals surface area contributed by atoms with Gasteiger partial charge in [0.1, 0.15) is 0 Å². The highest BCUT2D eigenvalue weighted by atomic mass is 16.2. The Morgan fingerprint density at radius 2 is 1.66 bits per heavy atom. The maximum Gasteiger partial charge on any atom is 0.254 e. The summed E-state index contributed by atoms with van der Waals surface area (Å²) in [6.07, 6.45) is 5.84. The fourth-order valence-corrected chi connectivity index (χ4v) is 4.53. The first-order valence-electron chi connectivity index (χ1n) is 10.5. The van der Waals surface area contributed by atoms with Crippen molar-refractivity contribution in [3.63, 3.8) is 0 Å². The number of anilines is 1. The number of amides is 2. The lowest BCUT2D eigenvalue weighted by atomic mass is 9.88. The van der Waals surface area contributed by atoms with Gasteiger partial charge in [0, 0.05) is 49.0 Å². The minimum Gasteiger partial charge on any atom is -0.366 e. The van der Waals surface area contributed by atoms with Crippen LogP contribution in [0.3, 0.4) is 0 Å². The molecule has 2 aromatic rings. The monoisotopic (exact) mass is 399 g/mol. The Morgan fingerprint density at radius 3 is 2.34 bits per heavy atom. The van der Waals surface area contributed by atoms with Crippen molar-refractivity contribution in [2.75, 3.05) is 31.9 Å². The minimum atomic E-state index is 0.0511. The zero-order valence-electron chi connectivity index (χ0n) is 17.2. The summed E-state index contributed by atoms with van der Waals surface area (Å²) in [6, 6.07) is 0. The number of fused-ring (bicyclic) bond motifs is 1. The first-order chi connectivity index (χ1) is 13.9. The van der Waals surface area contributed by atoms with Crippen LogP contribution in [0.2, 0.25) is 0 Å². The SMILES string of the molecule is Cc1nc2nc(N)nn2c(C)c1CC(=O)N1CCN(C(=O)C2CCCCC2)CC1. The van der Waals surface area contributed by atoms with Crippen molar-refractivity contribution in [3.8, 4) is 0 Å². The van der Waals surface area contributed by atoms with Gasteiger partial charge < -0.3 is 15.5 Å². The van der Waals surface area contributed by atoms with Gasteiger partial charge in [-0.2, -0.15) is 9.50 Å². The maximum absolute atomic E-state index is 12.9. The van der Waals surface area contributed by atoms with Gasteiger partial charge in [-0.1, -0.05) is 19.3 Å². The van der Waals surface area contributed by atoms with E-state index in [-0.39, 0.29) is 30.1 Å². The molecule has 2 amide bonds. The first kappa shape index (κ1) is 19.6. The fourth-order valence-electron chi connectivity index (χ4n) is 4.53. The number of nitrogens with zero attached hydrogens (tertiary/aromatic N) is 6. The molecule has 0 radical (unpaired) electrons. The molecular formula is C20H29N7O2. The molecule has 0 bridgehead atoms. The molecule has 29 heavy (non-hydrogen) atoms. The molecule has 2 aromatic heterocycles. The van der Waals surface area contributed by atoms with E-state index in [4.69, 9.17) is 5.73 Å². The summed E-state index contributed by atoms with van der Waals surface area (Å²) in [4.78, 5) is 38.0. The van der Waals surface area contributed by atoms with Crippen molar-refractivity contribution in [1.82, 2.24) is 29.4 Å². The Kier molecular flexibility index (Phi) is 5.38. The lowest BCUT2D eigenvalue weighted by molar-refractivity contribution is -0.142. The van der Waals surface area contributed by atoms with E-state index in [2.05, 4.69) is 15.1 Å². The van der Waals surface area contributed by atoms with Crippen molar-refractivity contribution in [1.29, 1.82) is 0 Å². The molecule has 2 fully saturated rings. The summed E-state index contributed by atoms with van der Waals surface area (Å²) in [5.41, 5.74) is 8.13. The number of nitrogens with two attached hydrogens (primary N) is 1. The second-order valence-corrected chi connectivity index (χ2v) is 8.16. The predicted octanol–water partition coefficient (Wildman–Crippen LogP) is 1.12. The van der Waals surface area contributed by atoms with Crippen LogP contribution in [0.25, 0.3) is 5.78 Å². The third-order valence-electron chi connectivity index (χ3n) is 6.29. The van der Waals surface area contributed by atoms with Crippen LogP contribution in [-0.4, -0.2) is 67.4 Å². The van der Waals surface area contributed by atoms with E-state index >= 15 is 0 Å². The average Bonchev–Trinajstić information content (AvgIpc) is 3.11. The van der Waals surface area contributed by atoms with E-state index in [0.29, 0.717) is 32.0 Å². The van der Waals surface area contributed by atoms with Crippen molar-refractivity contribution in [3.05, 3.63) is 17.0 Å². The van der Waals surface area contributed by atoms with E-state index in [1.165, 1.54) is 6.42 Å². The first-order valence-corrected chi connectivity index (χ1v) is 10.5. The normalized spacial score (nSPS) is 18.4. The highest BCUT2D eigenvalue weighted by Crippen LogP contribution is 2.26. The van der Waals surface area contributed by atoms with E-state index in [1.807, 2.05) is 23.6 Å². The molecule has 1 saturated carbocycles. The van der Waals surface area contributed by atoms with E-state index in [0.717, 1.165) is 42.6 Å². The van der Waals surface area contributed by atoms with Crippen LogP contribution in [0.5, 0.6) is 0 Å². The maximum atomic E-state index is 12.9. The Labute approximate surface area is 170 Å². The summed E-state index contributed by atoms with van der Waals surface area (Å²) in [6.45, 7) is 6.19. The standard InChI is InChI=1S/C20H29N7O2/c1-13-16(14(2)27-20(22-13)23-19(21)24-27)12-17(28)25-8-10-26(11-9-25)18(29)15-6-4-3-5-7-15/h15H,3-12H2,1-2H3,(H2,21,24). The van der Waals surface area contributed by atoms with Crippen LogP contribution in [-0.2, 0) is 16.0 Å². The Morgan fingerprint density at radius 1 is 1.00 bits per heavy atom. The van der Waals surface area contributed by atoms with Gasteiger partial charge in [-0.05, 0) is 26.7 Å². The molecule has 9 nitrogen and oxygen atoms in total. The van der Waals surface area contributed by atoms with Crippen LogP contribution >= 0.6 is 0 Å². The van der Waals surface area contributed by atoms with Gasteiger partial charge in [0.2, 0.25) is 17.8 Å². The van der Waals surface area contributed by atoms with Gasteiger partial charge in [0.05, 0.1) is 6.42 Å². The fraction of sp³-hybridized carbons (Fsp3) is 0.650. The lowest BCUT2D eigenvalue weighted by Gasteiger charge is -2.37. The molecular weight excluding hydrogens is 370 g/mol. The molecule has 9 heteroatoms. The van der Waals surface area contributed by atoms with Crippen molar-refractivity contribution < 1.29 is 9.59 Å². The van der Waals surface area contributed by atoms with Crippen molar-refractivity contribution in [2.45, 2.75) is 52.4 Å². The van der Waals surface area contributed by atoms with Crippen LogP contribution in [0.4, 0.5) is 5.95 Å². The largest absolute Gasteiger partial charge is 0.366 e. The van der Waals surface area contributed by atoms with Gasteiger partial charge in [0.15, 0.2) is 0 Å². The molecule has 3 heterocycles. The molecule has 1 aliphatic heterocycles. The summed E-state index contributed by atoms with van der Waals surface area (Å²) >= 11 is 0. The minimum absolute atomic E-state index is 0.0511. The number of hydrogen-bond acceptors (Lipinski definition) is 6. The second-order valence-electron chi connectivity index (χ2n) is 8.16. The number of carbonyl (C=O) groups is 2. The average molecular weight is 399 g/mol. The van der Waals surface area contributed by atoms with Gasteiger partial charge in [-0.25, -0.2) is 4.98 Å². The molecule has 0 spiro atoms. The van der Waals surface area contributed by atoms with Crippen LogP contribution in [0, 0.1) is 19.8 Å². The Balaban J connectivity index is 1.39. The number of piperazine rings is 1. The zero-order valence-corrected chi connectivity index (χ0v) is 17.2. The molecule has 0 atom stereocenters. The number of rotatable bonds is 3. The highest BCUT2D eigenvalue weighted by molar-refractivity contribution is 5.81. The van der Waals surface area contributed by atoms with E-state index < -0.39 is 0 Å². The van der Waals surface area contributed by atoms with Crippen molar-refractivity contribution in [2.24, 2.45) is 5.92 Å². The smallest absolute Gasteiger partial charge is 0.254 e. The number of aromatic nitrogens is 4. The molecule has 1 saturated heterocycles. The molecule has 156 valence electrons. The highest BCUT2D eigenvalue weighted by Gasteiger charge is 2.30. The Bertz CT molecular complexity index is 925. The van der Waals surface area contributed by atoms with Crippen molar-refractivity contribution >= 4 is 23.5 Å². The topological polar surface area (TPSA) is 110 Å². The summed E-state index contributed by atoms with van der Waals surface area (Å²) in [7, 11) is 0. The molecule has 2 N–H and O–H groups in total. The molecule has 0 aromatic carbocycles. The third kappa shape index (κ3) is 3.90. The van der Waals surface area contributed by atoms with Crippen LogP contribution in [0.1, 0.15) is 49.1 Å². The van der Waals surface area contributed by atoms with Crippen LogP contribution in [0.15, 0.2) is 0 Å². The molecule has 2 aliphatic rings. The number of aryl methyl sites for hydroxylation is 2. The number of carbonyl (C=O) groups excluding carboxylic acids is 2. The second kappa shape index (κ2) is 7.96. The summed E-state index contributed by atoms with van der Waals surface area (Å²) in [5.74, 6) is 1.13. The van der Waals surface area contributed by atoms with Gasteiger partial charge in [-0.15, -0.1) is 5.10 Å². The lowest BCUT2D eigenvalue weighted by Crippen LogP contribution is -2.52. The number of nitrogen functional groups attached to an aromatic ring is 1. The molecule has 0 unspecified atom stereocenters. The third-order valence-corrected chi connectivity index (χ3v) is 6.29. The van der Waals surface area contributed by atoms with E-state index in [1.54, 1.807) is 4.52 Å². The molecule has 1 aliphatic carbocycles. The van der Waals surface area contributed by atoms with Gasteiger partial charge in [0.25, 0.3) is 5.78 Å². The quantitative estimate of drug-likeness (QED) is 0.828. The summed E-state index contributed by atoms with van der Waals surface area (Å²) in [5, 5.41) is 4.16. The van der Waals surface area contributed by atoms with Gasteiger partial charge >= 0.3 is 0 Å². The zero-order chi connectivity index (χ0) is 20.5. The number of hydrogen-bond donors (Lipinski definition) is 1.